The molecule has 3 rings (SSSR count). The Morgan fingerprint density at radius 2 is 2.04 bits per heavy atom. The Morgan fingerprint density at radius 1 is 1.25 bits per heavy atom. The number of carboxylic acids is 1. The summed E-state index contributed by atoms with van der Waals surface area (Å²) in [4.78, 5) is 26.0. The SMILES string of the molecule is CCN(C(=O)Cn1c(C(=O)O)cc2sccc21)c1cccc(C)c1. The number of aromatic nitrogens is 1. The van der Waals surface area contributed by atoms with Crippen LogP contribution in [0.2, 0.25) is 0 Å². The second kappa shape index (κ2) is 6.49. The molecule has 0 bridgehead atoms. The molecule has 1 amide bonds. The average Bonchev–Trinajstić information content (AvgIpc) is 3.11. The summed E-state index contributed by atoms with van der Waals surface area (Å²) in [6.45, 7) is 4.42. The van der Waals surface area contributed by atoms with E-state index in [0.717, 1.165) is 21.5 Å². The van der Waals surface area contributed by atoms with Gasteiger partial charge in [-0.05, 0) is 49.1 Å². The number of anilines is 1. The van der Waals surface area contributed by atoms with Crippen LogP contribution >= 0.6 is 11.3 Å². The highest BCUT2D eigenvalue weighted by atomic mass is 32.1. The number of amides is 1. The fourth-order valence-corrected chi connectivity index (χ4v) is 3.67. The van der Waals surface area contributed by atoms with Crippen molar-refractivity contribution in [2.75, 3.05) is 11.4 Å². The van der Waals surface area contributed by atoms with E-state index in [1.807, 2.05) is 49.6 Å². The van der Waals surface area contributed by atoms with Gasteiger partial charge >= 0.3 is 5.97 Å². The summed E-state index contributed by atoms with van der Waals surface area (Å²) in [5, 5.41) is 11.3. The number of hydrogen-bond acceptors (Lipinski definition) is 3. The van der Waals surface area contributed by atoms with Crippen molar-refractivity contribution in [2.24, 2.45) is 0 Å². The van der Waals surface area contributed by atoms with Gasteiger partial charge in [-0.2, -0.15) is 0 Å². The van der Waals surface area contributed by atoms with E-state index in [1.54, 1.807) is 15.5 Å². The van der Waals surface area contributed by atoms with Crippen LogP contribution in [0.5, 0.6) is 0 Å². The van der Waals surface area contributed by atoms with Crippen molar-refractivity contribution >= 4 is 39.1 Å². The molecule has 1 aromatic carbocycles. The molecular formula is C18H18N2O3S. The molecule has 0 unspecified atom stereocenters. The van der Waals surface area contributed by atoms with Gasteiger partial charge in [-0.3, -0.25) is 4.79 Å². The first-order valence-corrected chi connectivity index (χ1v) is 8.56. The number of carboxylic acid groups (broad SMARTS) is 1. The van der Waals surface area contributed by atoms with Gasteiger partial charge in [0.2, 0.25) is 5.91 Å². The normalized spacial score (nSPS) is 10.9. The standard InChI is InChI=1S/C18H18N2O3S/c1-3-19(13-6-4-5-12(2)9-13)17(21)11-20-14-7-8-24-16(14)10-15(20)18(22)23/h4-10H,3,11H2,1-2H3,(H,22,23). The number of rotatable bonds is 5. The predicted octanol–water partition coefficient (Wildman–Crippen LogP) is 3.76. The highest BCUT2D eigenvalue weighted by Crippen LogP contribution is 2.26. The van der Waals surface area contributed by atoms with Gasteiger partial charge < -0.3 is 14.6 Å². The van der Waals surface area contributed by atoms with E-state index in [0.29, 0.717) is 6.54 Å². The minimum Gasteiger partial charge on any atom is -0.477 e. The zero-order valence-corrected chi connectivity index (χ0v) is 14.3. The van der Waals surface area contributed by atoms with Gasteiger partial charge in [0, 0.05) is 12.2 Å². The number of carbonyl (C=O) groups is 2. The summed E-state index contributed by atoms with van der Waals surface area (Å²) < 4.78 is 2.45. The Labute approximate surface area is 143 Å². The number of aromatic carboxylic acids is 1. The summed E-state index contributed by atoms with van der Waals surface area (Å²) in [6.07, 6.45) is 0. The Bertz CT molecular complexity index is 910. The van der Waals surface area contributed by atoms with E-state index < -0.39 is 5.97 Å². The molecule has 24 heavy (non-hydrogen) atoms. The van der Waals surface area contributed by atoms with E-state index in [2.05, 4.69) is 0 Å². The highest BCUT2D eigenvalue weighted by molar-refractivity contribution is 7.17. The lowest BCUT2D eigenvalue weighted by molar-refractivity contribution is -0.119. The Morgan fingerprint density at radius 3 is 2.71 bits per heavy atom. The third kappa shape index (κ3) is 2.92. The van der Waals surface area contributed by atoms with Gasteiger partial charge in [0.1, 0.15) is 12.2 Å². The molecule has 3 aromatic rings. The van der Waals surface area contributed by atoms with E-state index in [4.69, 9.17) is 0 Å². The Kier molecular flexibility index (Phi) is 4.40. The van der Waals surface area contributed by atoms with Crippen molar-refractivity contribution in [3.8, 4) is 0 Å². The van der Waals surface area contributed by atoms with Crippen LogP contribution in [-0.4, -0.2) is 28.1 Å². The first kappa shape index (κ1) is 16.3. The lowest BCUT2D eigenvalue weighted by atomic mass is 10.2. The quantitative estimate of drug-likeness (QED) is 0.768. The van der Waals surface area contributed by atoms with Crippen LogP contribution in [0.4, 0.5) is 5.69 Å². The zero-order chi connectivity index (χ0) is 17.3. The van der Waals surface area contributed by atoms with E-state index in [-0.39, 0.29) is 18.1 Å². The van der Waals surface area contributed by atoms with E-state index in [9.17, 15) is 14.7 Å². The molecular weight excluding hydrogens is 324 g/mol. The van der Waals surface area contributed by atoms with Crippen LogP contribution in [0.15, 0.2) is 41.8 Å². The third-order valence-electron chi connectivity index (χ3n) is 3.97. The number of thiophene rings is 1. The molecule has 6 heteroatoms. The first-order chi connectivity index (χ1) is 11.5. The monoisotopic (exact) mass is 342 g/mol. The third-order valence-corrected chi connectivity index (χ3v) is 4.82. The lowest BCUT2D eigenvalue weighted by Crippen LogP contribution is -2.34. The largest absolute Gasteiger partial charge is 0.477 e. The van der Waals surface area contributed by atoms with Crippen LogP contribution in [0.25, 0.3) is 10.2 Å². The first-order valence-electron chi connectivity index (χ1n) is 7.68. The van der Waals surface area contributed by atoms with Crippen molar-refractivity contribution in [3.05, 3.63) is 53.0 Å². The lowest BCUT2D eigenvalue weighted by Gasteiger charge is -2.22. The fraction of sp³-hybridized carbons (Fsp3) is 0.222. The number of likely N-dealkylation sites (N-methyl/N-ethyl adjacent to an activating group) is 1. The van der Waals surface area contributed by atoms with Crippen LogP contribution in [0.1, 0.15) is 23.0 Å². The molecule has 5 nitrogen and oxygen atoms in total. The number of carbonyl (C=O) groups excluding carboxylic acids is 1. The highest BCUT2D eigenvalue weighted by Gasteiger charge is 2.21. The second-order valence-corrected chi connectivity index (χ2v) is 6.52. The summed E-state index contributed by atoms with van der Waals surface area (Å²) >= 11 is 1.47. The Hall–Kier alpha value is -2.60. The van der Waals surface area contributed by atoms with Gasteiger partial charge in [-0.1, -0.05) is 12.1 Å². The topological polar surface area (TPSA) is 62.5 Å². The number of benzene rings is 1. The van der Waals surface area contributed by atoms with Gasteiger partial charge in [-0.15, -0.1) is 11.3 Å². The maximum Gasteiger partial charge on any atom is 0.352 e. The Balaban J connectivity index is 1.95. The summed E-state index contributed by atoms with van der Waals surface area (Å²) in [5.41, 5.74) is 2.83. The molecule has 0 saturated carbocycles. The van der Waals surface area contributed by atoms with Crippen LogP contribution in [0.3, 0.4) is 0 Å². The molecule has 0 aliphatic carbocycles. The molecule has 0 fully saturated rings. The summed E-state index contributed by atoms with van der Waals surface area (Å²) in [7, 11) is 0. The zero-order valence-electron chi connectivity index (χ0n) is 13.5. The second-order valence-electron chi connectivity index (χ2n) is 5.57. The van der Waals surface area contributed by atoms with E-state index >= 15 is 0 Å². The van der Waals surface area contributed by atoms with Crippen molar-refractivity contribution in [1.29, 1.82) is 0 Å². The summed E-state index contributed by atoms with van der Waals surface area (Å²) in [5.74, 6) is -1.15. The van der Waals surface area contributed by atoms with Crippen molar-refractivity contribution < 1.29 is 14.7 Å². The maximum absolute atomic E-state index is 12.8. The van der Waals surface area contributed by atoms with Crippen LogP contribution in [0, 0.1) is 6.92 Å². The molecule has 0 spiro atoms. The number of nitrogens with zero attached hydrogens (tertiary/aromatic N) is 2. The van der Waals surface area contributed by atoms with Crippen molar-refractivity contribution in [1.82, 2.24) is 4.57 Å². The van der Waals surface area contributed by atoms with Crippen molar-refractivity contribution in [3.63, 3.8) is 0 Å². The number of fused-ring (bicyclic) bond motifs is 1. The number of aryl methyl sites for hydroxylation is 1. The smallest absolute Gasteiger partial charge is 0.352 e. The maximum atomic E-state index is 12.8. The minimum absolute atomic E-state index is 0.00362. The molecule has 2 aromatic heterocycles. The minimum atomic E-state index is -1.02. The predicted molar refractivity (Wildman–Crippen MR) is 96.0 cm³/mol. The van der Waals surface area contributed by atoms with Gasteiger partial charge in [0.05, 0.1) is 10.2 Å². The molecule has 124 valence electrons. The number of hydrogen-bond donors (Lipinski definition) is 1. The molecule has 1 N–H and O–H groups in total. The van der Waals surface area contributed by atoms with Gasteiger partial charge in [0.25, 0.3) is 0 Å². The van der Waals surface area contributed by atoms with Gasteiger partial charge in [0.15, 0.2) is 0 Å². The van der Waals surface area contributed by atoms with Gasteiger partial charge in [-0.25, -0.2) is 4.79 Å². The molecule has 0 atom stereocenters. The average molecular weight is 342 g/mol. The molecule has 2 heterocycles. The molecule has 0 saturated heterocycles. The summed E-state index contributed by atoms with van der Waals surface area (Å²) in [6, 6.07) is 11.2. The van der Waals surface area contributed by atoms with Crippen molar-refractivity contribution in [2.45, 2.75) is 20.4 Å². The molecule has 0 aliphatic heterocycles. The van der Waals surface area contributed by atoms with Crippen LogP contribution < -0.4 is 4.90 Å². The molecule has 0 radical (unpaired) electrons. The fourth-order valence-electron chi connectivity index (χ4n) is 2.84. The van der Waals surface area contributed by atoms with Crippen LogP contribution in [-0.2, 0) is 11.3 Å². The molecule has 0 aliphatic rings. The van der Waals surface area contributed by atoms with E-state index in [1.165, 1.54) is 11.3 Å².